The van der Waals surface area contributed by atoms with Crippen molar-refractivity contribution >= 4 is 40.6 Å². The Kier molecular flexibility index (Phi) is 4.52. The summed E-state index contributed by atoms with van der Waals surface area (Å²) in [6.07, 6.45) is -0.0278. The van der Waals surface area contributed by atoms with Crippen LogP contribution in [0.4, 0.5) is 5.69 Å². The number of rotatable bonds is 4. The van der Waals surface area contributed by atoms with Crippen molar-refractivity contribution in [1.29, 1.82) is 0 Å². The van der Waals surface area contributed by atoms with E-state index in [9.17, 15) is 4.79 Å². The molecule has 16 heavy (non-hydrogen) atoms. The second-order valence-corrected chi connectivity index (χ2v) is 3.96. The summed E-state index contributed by atoms with van der Waals surface area (Å²) in [5.41, 5.74) is 6.26. The van der Waals surface area contributed by atoms with Gasteiger partial charge in [-0.05, 0) is 36.5 Å². The first-order chi connectivity index (χ1) is 7.50. The minimum Gasteiger partial charge on any atom is -0.481 e. The van der Waals surface area contributed by atoms with E-state index in [0.29, 0.717) is 5.02 Å². The topological polar surface area (TPSA) is 66.6 Å². The van der Waals surface area contributed by atoms with Gasteiger partial charge in [0, 0.05) is 17.3 Å². The maximum absolute atomic E-state index is 10.5. The quantitative estimate of drug-likeness (QED) is 0.807. The number of thiocarbonyl (C=S) groups is 1. The van der Waals surface area contributed by atoms with Crippen molar-refractivity contribution in [3.63, 3.8) is 0 Å². The largest absolute Gasteiger partial charge is 0.481 e. The number of carbonyl (C=O) groups is 1. The summed E-state index contributed by atoms with van der Waals surface area (Å²) in [6.45, 7) is 0.242. The molecule has 0 radical (unpaired) electrons. The average molecular weight is 259 g/mol. The molecule has 3 N–H and O–H groups in total. The molecule has 0 unspecified atom stereocenters. The normalized spacial score (nSPS) is 9.81. The Balaban J connectivity index is 2.81. The molecule has 4 nitrogen and oxygen atoms in total. The number of anilines is 1. The van der Waals surface area contributed by atoms with E-state index in [1.165, 1.54) is 0 Å². The zero-order valence-corrected chi connectivity index (χ0v) is 9.96. The lowest BCUT2D eigenvalue weighted by Gasteiger charge is -2.21. The Hall–Kier alpha value is -1.33. The van der Waals surface area contributed by atoms with Gasteiger partial charge in [-0.1, -0.05) is 11.6 Å². The number of carboxylic acid groups (broad SMARTS) is 1. The van der Waals surface area contributed by atoms with E-state index in [1.807, 2.05) is 0 Å². The Morgan fingerprint density at radius 1 is 1.44 bits per heavy atom. The Morgan fingerprint density at radius 3 is 2.44 bits per heavy atom. The van der Waals surface area contributed by atoms with Gasteiger partial charge in [-0.25, -0.2) is 0 Å². The summed E-state index contributed by atoms with van der Waals surface area (Å²) >= 11 is 10.6. The van der Waals surface area contributed by atoms with Crippen LogP contribution in [-0.2, 0) is 4.79 Å². The van der Waals surface area contributed by atoms with Crippen molar-refractivity contribution in [3.8, 4) is 0 Å². The van der Waals surface area contributed by atoms with Crippen LogP contribution in [0.2, 0.25) is 5.02 Å². The molecule has 86 valence electrons. The van der Waals surface area contributed by atoms with Crippen molar-refractivity contribution < 1.29 is 9.90 Å². The van der Waals surface area contributed by atoms with Crippen molar-refractivity contribution in [1.82, 2.24) is 0 Å². The summed E-state index contributed by atoms with van der Waals surface area (Å²) < 4.78 is 0. The third-order valence-electron chi connectivity index (χ3n) is 1.95. The molecule has 0 atom stereocenters. The van der Waals surface area contributed by atoms with E-state index >= 15 is 0 Å². The SMILES string of the molecule is NC(=S)N(CCC(=O)O)c1ccc(Cl)cc1. The molecule has 0 amide bonds. The first kappa shape index (κ1) is 12.7. The van der Waals surface area contributed by atoms with Crippen LogP contribution >= 0.6 is 23.8 Å². The molecule has 0 aliphatic rings. The molecule has 0 heterocycles. The van der Waals surface area contributed by atoms with Crippen LogP contribution in [0.1, 0.15) is 6.42 Å². The van der Waals surface area contributed by atoms with Crippen LogP contribution in [0, 0.1) is 0 Å². The van der Waals surface area contributed by atoms with Gasteiger partial charge in [0.2, 0.25) is 0 Å². The molecule has 1 aromatic carbocycles. The van der Waals surface area contributed by atoms with Gasteiger partial charge in [0.1, 0.15) is 0 Å². The van der Waals surface area contributed by atoms with Crippen molar-refractivity contribution in [2.75, 3.05) is 11.4 Å². The molecule has 6 heteroatoms. The lowest BCUT2D eigenvalue weighted by molar-refractivity contribution is -0.136. The molecule has 1 aromatic rings. The van der Waals surface area contributed by atoms with E-state index in [-0.39, 0.29) is 18.1 Å². The summed E-state index contributed by atoms with van der Waals surface area (Å²) in [7, 11) is 0. The van der Waals surface area contributed by atoms with Crippen LogP contribution in [0.5, 0.6) is 0 Å². The second-order valence-electron chi connectivity index (χ2n) is 3.11. The maximum Gasteiger partial charge on any atom is 0.305 e. The molecule has 0 aromatic heterocycles. The smallest absolute Gasteiger partial charge is 0.305 e. The summed E-state index contributed by atoms with van der Waals surface area (Å²) in [4.78, 5) is 12.0. The number of hydrogen-bond acceptors (Lipinski definition) is 2. The van der Waals surface area contributed by atoms with Crippen molar-refractivity contribution in [2.24, 2.45) is 5.73 Å². The zero-order chi connectivity index (χ0) is 12.1. The molecule has 0 spiro atoms. The Bertz CT molecular complexity index is 394. The van der Waals surface area contributed by atoms with E-state index in [0.717, 1.165) is 5.69 Å². The summed E-state index contributed by atoms with van der Waals surface area (Å²) in [6, 6.07) is 6.87. The predicted molar refractivity (Wildman–Crippen MR) is 67.8 cm³/mol. The molecule has 0 fully saturated rings. The molecule has 0 aliphatic heterocycles. The minimum atomic E-state index is -0.893. The highest BCUT2D eigenvalue weighted by molar-refractivity contribution is 7.80. The van der Waals surface area contributed by atoms with Gasteiger partial charge in [0.15, 0.2) is 5.11 Å². The molecule has 1 rings (SSSR count). The molecule has 0 saturated carbocycles. The van der Waals surface area contributed by atoms with Gasteiger partial charge in [0.25, 0.3) is 0 Å². The van der Waals surface area contributed by atoms with Gasteiger partial charge < -0.3 is 15.7 Å². The predicted octanol–water partition coefficient (Wildman–Crippen LogP) is 1.86. The van der Waals surface area contributed by atoms with Gasteiger partial charge in [-0.15, -0.1) is 0 Å². The van der Waals surface area contributed by atoms with Crippen LogP contribution in [0.3, 0.4) is 0 Å². The van der Waals surface area contributed by atoms with Crippen LogP contribution in [0.25, 0.3) is 0 Å². The number of aliphatic carboxylic acids is 1. The lowest BCUT2D eigenvalue weighted by atomic mass is 10.3. The average Bonchev–Trinajstić information content (AvgIpc) is 2.20. The second kappa shape index (κ2) is 5.67. The first-order valence-corrected chi connectivity index (χ1v) is 5.33. The van der Waals surface area contributed by atoms with Gasteiger partial charge >= 0.3 is 5.97 Å². The van der Waals surface area contributed by atoms with Crippen LogP contribution < -0.4 is 10.6 Å². The summed E-state index contributed by atoms with van der Waals surface area (Å²) in [5, 5.41) is 9.35. The third-order valence-corrected chi connectivity index (χ3v) is 2.43. The van der Waals surface area contributed by atoms with Crippen molar-refractivity contribution in [3.05, 3.63) is 29.3 Å². The van der Waals surface area contributed by atoms with E-state index in [2.05, 4.69) is 0 Å². The van der Waals surface area contributed by atoms with Gasteiger partial charge in [-0.3, -0.25) is 4.79 Å². The molecule has 0 saturated heterocycles. The Morgan fingerprint density at radius 2 is 2.00 bits per heavy atom. The fourth-order valence-electron chi connectivity index (χ4n) is 1.20. The highest BCUT2D eigenvalue weighted by atomic mass is 35.5. The Labute approximate surface area is 104 Å². The number of nitrogens with zero attached hydrogens (tertiary/aromatic N) is 1. The number of benzene rings is 1. The lowest BCUT2D eigenvalue weighted by Crippen LogP contribution is -2.37. The van der Waals surface area contributed by atoms with E-state index < -0.39 is 5.97 Å². The summed E-state index contributed by atoms with van der Waals surface area (Å²) in [5.74, 6) is -0.893. The number of hydrogen-bond donors (Lipinski definition) is 2. The first-order valence-electron chi connectivity index (χ1n) is 4.55. The molecular formula is C10H11ClN2O2S. The van der Waals surface area contributed by atoms with Gasteiger partial charge in [-0.2, -0.15) is 0 Å². The number of carboxylic acids is 1. The highest BCUT2D eigenvalue weighted by Crippen LogP contribution is 2.18. The van der Waals surface area contributed by atoms with Crippen LogP contribution in [-0.4, -0.2) is 22.7 Å². The fourth-order valence-corrected chi connectivity index (χ4v) is 1.52. The number of nitrogens with two attached hydrogens (primary N) is 1. The van der Waals surface area contributed by atoms with Crippen LogP contribution in [0.15, 0.2) is 24.3 Å². The molecule has 0 aliphatic carbocycles. The van der Waals surface area contributed by atoms with E-state index in [1.54, 1.807) is 29.2 Å². The minimum absolute atomic E-state index is 0.0278. The van der Waals surface area contributed by atoms with Gasteiger partial charge in [0.05, 0.1) is 6.42 Å². The molecule has 0 bridgehead atoms. The standard InChI is InChI=1S/C10H11ClN2O2S/c11-7-1-3-8(4-2-7)13(10(12)16)6-5-9(14)15/h1-4H,5-6H2,(H2,12,16)(H,14,15). The fraction of sp³-hybridized carbons (Fsp3) is 0.200. The number of halogens is 1. The maximum atomic E-state index is 10.5. The zero-order valence-electron chi connectivity index (χ0n) is 8.39. The third kappa shape index (κ3) is 3.67. The molecular weight excluding hydrogens is 248 g/mol. The van der Waals surface area contributed by atoms with E-state index in [4.69, 9.17) is 34.7 Å². The van der Waals surface area contributed by atoms with Crippen molar-refractivity contribution in [2.45, 2.75) is 6.42 Å². The monoisotopic (exact) mass is 258 g/mol. The highest BCUT2D eigenvalue weighted by Gasteiger charge is 2.10.